The van der Waals surface area contributed by atoms with E-state index in [-0.39, 0.29) is 124 Å². The predicted octanol–water partition coefficient (Wildman–Crippen LogP) is 2.87. The van der Waals surface area contributed by atoms with Gasteiger partial charge in [-0.1, -0.05) is 122 Å². The third-order valence-corrected chi connectivity index (χ3v) is 16.2. The van der Waals surface area contributed by atoms with Gasteiger partial charge < -0.3 is 62.7 Å². The number of hydrogen-bond acceptors (Lipinski definition) is 18. The molecule has 12 N–H and O–H groups in total. The van der Waals surface area contributed by atoms with Gasteiger partial charge in [0.25, 0.3) is 5.56 Å². The summed E-state index contributed by atoms with van der Waals surface area (Å²) in [6, 6.07) is 28.3. The Bertz CT molecular complexity index is 3860. The summed E-state index contributed by atoms with van der Waals surface area (Å²) in [4.78, 5) is 125. The highest BCUT2D eigenvalue weighted by molar-refractivity contribution is 5.87. The monoisotopic (exact) mass is 1240 g/mol. The number of aromatic amines is 1. The number of nitrogens with zero attached hydrogens (tertiary/aromatic N) is 12. The van der Waals surface area contributed by atoms with Crippen LogP contribution in [0.4, 0.5) is 17.6 Å². The molecule has 3 unspecified atom stereocenters. The first-order chi connectivity index (χ1) is 43.8. The Hall–Kier alpha value is -9.89. The van der Waals surface area contributed by atoms with Crippen LogP contribution in [-0.4, -0.2) is 165 Å². The highest BCUT2D eigenvalue weighted by Crippen LogP contribution is 2.46. The number of amides is 5. The van der Waals surface area contributed by atoms with E-state index in [0.717, 1.165) is 36.7 Å². The molecule has 5 amide bonds. The lowest BCUT2D eigenvalue weighted by Gasteiger charge is -2.34. The zero-order valence-corrected chi connectivity index (χ0v) is 52.2. The van der Waals surface area contributed by atoms with Gasteiger partial charge in [-0.05, 0) is 74.1 Å². The Morgan fingerprint density at radius 3 is 1.71 bits per heavy atom. The molecule has 0 spiro atoms. The Kier molecular flexibility index (Phi) is 24.0. The Morgan fingerprint density at radius 1 is 0.560 bits per heavy atom. The summed E-state index contributed by atoms with van der Waals surface area (Å²) < 4.78 is 3.99. The number of carbonyl (C=O) groups excluding carboxylic acids is 5. The Labute approximate surface area is 527 Å². The number of nitrogens with two attached hydrogens (primary N) is 4. The van der Waals surface area contributed by atoms with E-state index in [1.165, 1.54) is 79.0 Å². The molecule has 0 bridgehead atoms. The molecular formula is C64H84N20O7. The van der Waals surface area contributed by atoms with Crippen LogP contribution in [0.25, 0.3) is 22.3 Å². The molecule has 0 aliphatic carbocycles. The number of aromatic nitrogens is 10. The molecule has 482 valence electrons. The lowest BCUT2D eigenvalue weighted by molar-refractivity contribution is -0.137. The number of aryl methyl sites for hydroxylation is 3. The third kappa shape index (κ3) is 18.8. The molecule has 8 rings (SSSR count). The summed E-state index contributed by atoms with van der Waals surface area (Å²) in [5, 5.41) is 8.95. The maximum absolute atomic E-state index is 14.1. The molecule has 0 saturated carbocycles. The summed E-state index contributed by atoms with van der Waals surface area (Å²) >= 11 is 0. The van der Waals surface area contributed by atoms with Gasteiger partial charge >= 0.3 is 5.69 Å². The van der Waals surface area contributed by atoms with Crippen molar-refractivity contribution in [1.29, 1.82) is 0 Å². The van der Waals surface area contributed by atoms with E-state index in [4.69, 9.17) is 22.9 Å². The van der Waals surface area contributed by atoms with Gasteiger partial charge in [-0.25, -0.2) is 24.7 Å². The van der Waals surface area contributed by atoms with Crippen LogP contribution in [0.15, 0.2) is 114 Å². The number of anilines is 3. The van der Waals surface area contributed by atoms with Gasteiger partial charge in [0.15, 0.2) is 22.6 Å². The highest BCUT2D eigenvalue weighted by Gasteiger charge is 2.31. The number of rotatable bonds is 34. The second kappa shape index (κ2) is 32.5. The normalized spacial score (nSPS) is 12.4. The SMILES string of the molecule is Cc1ccc(C(C)C(c2ccc(C)cc2)C(CCCCCCCNC(=O)CN(CCNC(=O)CN(CCNCCN(CCN)C(=O)Cn2cnc3c(N)ncnc32)C(=O)Cn2ccc(N)nc2=O)C(=O)Cn2cnc3c(=O)[nH]c(N)nc32)c2ccc(C)cc2)cc1. The van der Waals surface area contributed by atoms with E-state index < -0.39 is 48.0 Å². The van der Waals surface area contributed by atoms with Crippen molar-refractivity contribution in [2.45, 2.75) is 104 Å². The van der Waals surface area contributed by atoms with E-state index >= 15 is 0 Å². The summed E-state index contributed by atoms with van der Waals surface area (Å²) in [7, 11) is 0. The fraction of sp³-hybridized carbons (Fsp3) is 0.422. The molecule has 27 nitrogen and oxygen atoms in total. The second-order valence-electron chi connectivity index (χ2n) is 23.0. The van der Waals surface area contributed by atoms with Crippen molar-refractivity contribution in [2.75, 3.05) is 89.2 Å². The quantitative estimate of drug-likeness (QED) is 0.0269. The van der Waals surface area contributed by atoms with Gasteiger partial charge in [-0.15, -0.1) is 0 Å². The first kappa shape index (κ1) is 67.0. The van der Waals surface area contributed by atoms with Crippen LogP contribution in [0.5, 0.6) is 0 Å². The number of H-pyrrole nitrogens is 1. The van der Waals surface area contributed by atoms with Gasteiger partial charge in [0.05, 0.1) is 25.7 Å². The highest BCUT2D eigenvalue weighted by atomic mass is 16.2. The zero-order chi connectivity index (χ0) is 65.0. The molecule has 3 aromatic carbocycles. The Morgan fingerprint density at radius 2 is 1.09 bits per heavy atom. The largest absolute Gasteiger partial charge is 0.383 e. The molecule has 8 aromatic rings. The molecule has 27 heteroatoms. The molecule has 0 saturated heterocycles. The fourth-order valence-electron chi connectivity index (χ4n) is 11.2. The van der Waals surface area contributed by atoms with E-state index in [0.29, 0.717) is 24.1 Å². The molecule has 0 aliphatic rings. The molecule has 0 radical (unpaired) electrons. The first-order valence-electron chi connectivity index (χ1n) is 30.8. The topological polar surface area (TPSA) is 377 Å². The third-order valence-electron chi connectivity index (χ3n) is 16.2. The van der Waals surface area contributed by atoms with Gasteiger partial charge in [0, 0.05) is 65.1 Å². The Balaban J connectivity index is 0.856. The fourth-order valence-corrected chi connectivity index (χ4v) is 11.2. The average molecular weight is 1250 g/mol. The maximum Gasteiger partial charge on any atom is 0.349 e. The van der Waals surface area contributed by atoms with Crippen molar-refractivity contribution in [3.05, 3.63) is 158 Å². The van der Waals surface area contributed by atoms with Crippen molar-refractivity contribution in [3.8, 4) is 0 Å². The molecule has 5 heterocycles. The molecule has 5 aromatic heterocycles. The minimum absolute atomic E-state index is 0.000812. The number of nitrogen functional groups attached to an aromatic ring is 3. The molecule has 3 atom stereocenters. The lowest BCUT2D eigenvalue weighted by Crippen LogP contribution is -2.48. The van der Waals surface area contributed by atoms with E-state index in [9.17, 15) is 33.6 Å². The molecule has 0 fully saturated rings. The number of benzene rings is 3. The van der Waals surface area contributed by atoms with Crippen LogP contribution in [0.2, 0.25) is 0 Å². The van der Waals surface area contributed by atoms with Crippen LogP contribution in [0, 0.1) is 20.8 Å². The summed E-state index contributed by atoms with van der Waals surface area (Å²) in [5.74, 6) is -1.61. The van der Waals surface area contributed by atoms with Crippen LogP contribution < -0.4 is 50.1 Å². The van der Waals surface area contributed by atoms with Crippen molar-refractivity contribution in [1.82, 2.24) is 79.2 Å². The van der Waals surface area contributed by atoms with Gasteiger partial charge in [0.2, 0.25) is 35.5 Å². The van der Waals surface area contributed by atoms with Crippen molar-refractivity contribution >= 4 is 69.4 Å². The average Bonchev–Trinajstić information content (AvgIpc) is 2.01. The van der Waals surface area contributed by atoms with Crippen LogP contribution in [0.3, 0.4) is 0 Å². The number of carbonyl (C=O) groups is 5. The standard InChI is InChI=1S/C64H84N20O7/c1-42-11-17-46(18-12-42)45(4)56(48-21-15-44(3)16-22-48)49(47-19-13-43(2)14-20-47)10-8-6-5-7-9-25-70-51(85)34-81(55(89)38-84-41-75-58-61(84)77-63(68)78-62(58)90)33-28-71-52(86)35-80(54(88)36-82-29-23-50(66)76-64(82)91)32-27-69-26-31-79(30-24-65)53(87)37-83-40-74-57-59(67)72-39-73-60(57)83/h11-23,29,39-41,45,49,56,69H,5-10,24-28,30-38,65H2,1-4H3,(H,70,85)(H,71,86)(H2,66,76,91)(H2,67,72,73)(H3,68,77,78,90). The minimum Gasteiger partial charge on any atom is -0.383 e. The molecule has 0 aliphatic heterocycles. The van der Waals surface area contributed by atoms with E-state index in [1.54, 1.807) is 9.47 Å². The zero-order valence-electron chi connectivity index (χ0n) is 52.2. The number of fused-ring (bicyclic) bond motifs is 2. The lowest BCUT2D eigenvalue weighted by atomic mass is 9.70. The maximum atomic E-state index is 14.1. The summed E-state index contributed by atoms with van der Waals surface area (Å²) in [6.07, 6.45) is 11.0. The number of nitrogens with one attached hydrogen (secondary N) is 4. The van der Waals surface area contributed by atoms with Gasteiger partial charge in [-0.3, -0.25) is 38.3 Å². The van der Waals surface area contributed by atoms with E-state index in [1.807, 2.05) is 0 Å². The summed E-state index contributed by atoms with van der Waals surface area (Å²) in [6.45, 7) is 8.28. The van der Waals surface area contributed by atoms with Crippen molar-refractivity contribution in [3.63, 3.8) is 0 Å². The van der Waals surface area contributed by atoms with Crippen molar-refractivity contribution in [2.24, 2.45) is 5.73 Å². The van der Waals surface area contributed by atoms with Crippen LogP contribution >= 0.6 is 0 Å². The molecular weight excluding hydrogens is 1160 g/mol. The number of hydrogen-bond donors (Lipinski definition) is 8. The summed E-state index contributed by atoms with van der Waals surface area (Å²) in [5.41, 5.74) is 30.5. The second-order valence-corrected chi connectivity index (χ2v) is 23.0. The van der Waals surface area contributed by atoms with Crippen LogP contribution in [0.1, 0.15) is 96.6 Å². The minimum atomic E-state index is -0.759. The first-order valence-corrected chi connectivity index (χ1v) is 30.8. The number of imidazole rings is 2. The predicted molar refractivity (Wildman–Crippen MR) is 348 cm³/mol. The smallest absolute Gasteiger partial charge is 0.349 e. The van der Waals surface area contributed by atoms with Gasteiger partial charge in [0.1, 0.15) is 37.3 Å². The van der Waals surface area contributed by atoms with E-state index in [2.05, 4.69) is 151 Å². The molecule has 91 heavy (non-hydrogen) atoms. The van der Waals surface area contributed by atoms with Gasteiger partial charge in [-0.2, -0.15) is 9.97 Å². The van der Waals surface area contributed by atoms with Crippen LogP contribution in [-0.2, 0) is 43.6 Å². The van der Waals surface area contributed by atoms with Crippen molar-refractivity contribution < 1.29 is 24.0 Å². The number of unbranched alkanes of at least 4 members (excludes halogenated alkanes) is 4.